The fraction of sp³-hybridized carbons (Fsp3) is 1.00. The van der Waals surface area contributed by atoms with Gasteiger partial charge in [-0.05, 0) is 46.7 Å². The van der Waals surface area contributed by atoms with Crippen molar-refractivity contribution in [3.63, 3.8) is 0 Å². The topological polar surface area (TPSA) is 15.3 Å². The van der Waals surface area contributed by atoms with Crippen molar-refractivity contribution in [3.8, 4) is 0 Å². The monoisotopic (exact) mass is 184 g/mol. The van der Waals surface area contributed by atoms with Crippen LogP contribution in [0.15, 0.2) is 0 Å². The lowest BCUT2D eigenvalue weighted by Gasteiger charge is -2.34. The van der Waals surface area contributed by atoms with Crippen molar-refractivity contribution < 1.29 is 0 Å². The first kappa shape index (κ1) is 11.0. The van der Waals surface area contributed by atoms with E-state index in [-0.39, 0.29) is 0 Å². The molecule has 1 N–H and O–H groups in total. The molecule has 78 valence electrons. The number of nitrogens with zero attached hydrogens (tertiary/aromatic N) is 1. The summed E-state index contributed by atoms with van der Waals surface area (Å²) in [4.78, 5) is 2.54. The summed E-state index contributed by atoms with van der Waals surface area (Å²) < 4.78 is 0. The van der Waals surface area contributed by atoms with Gasteiger partial charge in [-0.2, -0.15) is 0 Å². The van der Waals surface area contributed by atoms with E-state index >= 15 is 0 Å². The minimum absolute atomic E-state index is 0.375. The Bertz CT molecular complexity index is 148. The third-order valence-electron chi connectivity index (χ3n) is 3.15. The van der Waals surface area contributed by atoms with Gasteiger partial charge in [0.1, 0.15) is 0 Å². The first-order valence-electron chi connectivity index (χ1n) is 5.56. The summed E-state index contributed by atoms with van der Waals surface area (Å²) in [5.74, 6) is 0. The number of hydrogen-bond donors (Lipinski definition) is 1. The van der Waals surface area contributed by atoms with Crippen LogP contribution < -0.4 is 5.32 Å². The van der Waals surface area contributed by atoms with E-state index in [0.29, 0.717) is 11.6 Å². The van der Waals surface area contributed by atoms with Gasteiger partial charge in [-0.3, -0.25) is 4.90 Å². The second kappa shape index (κ2) is 4.43. The van der Waals surface area contributed by atoms with Gasteiger partial charge in [-0.25, -0.2) is 0 Å². The van der Waals surface area contributed by atoms with E-state index in [0.717, 1.165) is 6.54 Å². The Labute approximate surface area is 82.7 Å². The van der Waals surface area contributed by atoms with Gasteiger partial charge < -0.3 is 5.32 Å². The third kappa shape index (κ3) is 2.96. The minimum atomic E-state index is 0.375. The number of likely N-dealkylation sites (N-methyl/N-ethyl adjacent to an activating group) is 1. The Balaban J connectivity index is 2.44. The van der Waals surface area contributed by atoms with Crippen molar-refractivity contribution >= 4 is 0 Å². The Hall–Kier alpha value is -0.0800. The van der Waals surface area contributed by atoms with Crippen LogP contribution in [0.2, 0.25) is 0 Å². The van der Waals surface area contributed by atoms with Crippen LogP contribution in [0.25, 0.3) is 0 Å². The number of hydrogen-bond acceptors (Lipinski definition) is 2. The smallest absolute Gasteiger partial charge is 0.0281 e. The lowest BCUT2D eigenvalue weighted by atomic mass is 9.99. The van der Waals surface area contributed by atoms with Gasteiger partial charge in [0.25, 0.3) is 0 Å². The molecule has 1 heterocycles. The molecule has 1 atom stereocenters. The van der Waals surface area contributed by atoms with Gasteiger partial charge in [0.2, 0.25) is 0 Å². The van der Waals surface area contributed by atoms with Crippen LogP contribution in [0, 0.1) is 0 Å². The van der Waals surface area contributed by atoms with Crippen LogP contribution in [0.1, 0.15) is 40.5 Å². The van der Waals surface area contributed by atoms with Gasteiger partial charge in [0, 0.05) is 18.1 Å². The standard InChI is InChI=1S/C11H24N2/c1-5-13(10(2)3)9-11(4)7-6-8-12-11/h10,12H,5-9H2,1-4H3. The second-order valence-corrected chi connectivity index (χ2v) is 4.75. The molecule has 1 unspecified atom stereocenters. The van der Waals surface area contributed by atoms with Gasteiger partial charge in [-0.15, -0.1) is 0 Å². The molecular formula is C11H24N2. The highest BCUT2D eigenvalue weighted by Gasteiger charge is 2.30. The van der Waals surface area contributed by atoms with E-state index < -0.39 is 0 Å². The maximum Gasteiger partial charge on any atom is 0.0281 e. The summed E-state index contributed by atoms with van der Waals surface area (Å²) in [5.41, 5.74) is 0.375. The van der Waals surface area contributed by atoms with Crippen LogP contribution in [-0.2, 0) is 0 Å². The molecule has 0 radical (unpaired) electrons. The first-order chi connectivity index (χ1) is 6.07. The normalized spacial score (nSPS) is 29.1. The van der Waals surface area contributed by atoms with Crippen LogP contribution in [0.5, 0.6) is 0 Å². The molecule has 13 heavy (non-hydrogen) atoms. The zero-order chi connectivity index (χ0) is 9.90. The Morgan fingerprint density at radius 1 is 1.46 bits per heavy atom. The second-order valence-electron chi connectivity index (χ2n) is 4.75. The number of nitrogens with one attached hydrogen (secondary N) is 1. The van der Waals surface area contributed by atoms with Crippen molar-refractivity contribution in [2.45, 2.75) is 52.1 Å². The van der Waals surface area contributed by atoms with Crippen LogP contribution in [-0.4, -0.2) is 36.1 Å². The Kier molecular flexibility index (Phi) is 3.74. The average Bonchev–Trinajstić information content (AvgIpc) is 2.48. The van der Waals surface area contributed by atoms with E-state index in [9.17, 15) is 0 Å². The average molecular weight is 184 g/mol. The van der Waals surface area contributed by atoms with Gasteiger partial charge in [0.05, 0.1) is 0 Å². The molecule has 0 saturated carbocycles. The lowest BCUT2D eigenvalue weighted by Crippen LogP contribution is -2.49. The van der Waals surface area contributed by atoms with E-state index in [1.165, 1.54) is 25.9 Å². The molecule has 2 heteroatoms. The van der Waals surface area contributed by atoms with Crippen LogP contribution >= 0.6 is 0 Å². The first-order valence-corrected chi connectivity index (χ1v) is 5.56. The molecule has 0 spiro atoms. The highest BCUT2D eigenvalue weighted by molar-refractivity contribution is 4.91. The molecular weight excluding hydrogens is 160 g/mol. The number of rotatable bonds is 4. The molecule has 1 fully saturated rings. The fourth-order valence-corrected chi connectivity index (χ4v) is 2.20. The predicted octanol–water partition coefficient (Wildman–Crippen LogP) is 1.86. The minimum Gasteiger partial charge on any atom is -0.310 e. The third-order valence-corrected chi connectivity index (χ3v) is 3.15. The summed E-state index contributed by atoms with van der Waals surface area (Å²) in [6.07, 6.45) is 2.67. The molecule has 1 saturated heterocycles. The van der Waals surface area contributed by atoms with E-state index in [4.69, 9.17) is 0 Å². The van der Waals surface area contributed by atoms with Crippen molar-refractivity contribution in [2.24, 2.45) is 0 Å². The highest BCUT2D eigenvalue weighted by Crippen LogP contribution is 2.20. The summed E-state index contributed by atoms with van der Waals surface area (Å²) in [6.45, 7) is 12.7. The summed E-state index contributed by atoms with van der Waals surface area (Å²) in [5, 5.41) is 3.61. The zero-order valence-electron chi connectivity index (χ0n) is 9.56. The highest BCUT2D eigenvalue weighted by atomic mass is 15.2. The van der Waals surface area contributed by atoms with Crippen LogP contribution in [0.4, 0.5) is 0 Å². The van der Waals surface area contributed by atoms with Gasteiger partial charge >= 0.3 is 0 Å². The summed E-state index contributed by atoms with van der Waals surface area (Å²) >= 11 is 0. The zero-order valence-corrected chi connectivity index (χ0v) is 9.56. The summed E-state index contributed by atoms with van der Waals surface area (Å²) in [7, 11) is 0. The fourth-order valence-electron chi connectivity index (χ4n) is 2.20. The molecule has 0 aromatic rings. The molecule has 1 aliphatic heterocycles. The SMILES string of the molecule is CCN(CC1(C)CCCN1)C(C)C. The maximum absolute atomic E-state index is 3.61. The van der Waals surface area contributed by atoms with Gasteiger partial charge in [0.15, 0.2) is 0 Å². The van der Waals surface area contributed by atoms with Crippen molar-refractivity contribution in [1.82, 2.24) is 10.2 Å². The Morgan fingerprint density at radius 2 is 2.15 bits per heavy atom. The van der Waals surface area contributed by atoms with Crippen molar-refractivity contribution in [2.75, 3.05) is 19.6 Å². The summed E-state index contributed by atoms with van der Waals surface area (Å²) in [6, 6.07) is 0.671. The quantitative estimate of drug-likeness (QED) is 0.717. The van der Waals surface area contributed by atoms with E-state index in [1.807, 2.05) is 0 Å². The molecule has 1 rings (SSSR count). The van der Waals surface area contributed by atoms with E-state index in [2.05, 4.69) is 37.9 Å². The molecule has 1 aliphatic rings. The molecule has 2 nitrogen and oxygen atoms in total. The van der Waals surface area contributed by atoms with Gasteiger partial charge in [-0.1, -0.05) is 6.92 Å². The van der Waals surface area contributed by atoms with E-state index in [1.54, 1.807) is 0 Å². The predicted molar refractivity (Wildman–Crippen MR) is 58.0 cm³/mol. The maximum atomic E-state index is 3.61. The molecule has 0 aliphatic carbocycles. The molecule has 0 amide bonds. The van der Waals surface area contributed by atoms with Crippen LogP contribution in [0.3, 0.4) is 0 Å². The molecule has 0 aromatic heterocycles. The van der Waals surface area contributed by atoms with Crippen molar-refractivity contribution in [3.05, 3.63) is 0 Å². The molecule has 0 aromatic carbocycles. The van der Waals surface area contributed by atoms with Crippen molar-refractivity contribution in [1.29, 1.82) is 0 Å². The Morgan fingerprint density at radius 3 is 2.54 bits per heavy atom. The lowest BCUT2D eigenvalue weighted by molar-refractivity contribution is 0.174. The molecule has 0 bridgehead atoms. The largest absolute Gasteiger partial charge is 0.310 e.